The molecule has 3 fully saturated rings. The van der Waals surface area contributed by atoms with Crippen molar-refractivity contribution in [3.05, 3.63) is 0 Å². The summed E-state index contributed by atoms with van der Waals surface area (Å²) in [7, 11) is 1.68. The third-order valence-corrected chi connectivity index (χ3v) is 4.99. The van der Waals surface area contributed by atoms with Gasteiger partial charge in [-0.15, -0.1) is 0 Å². The van der Waals surface area contributed by atoms with Crippen LogP contribution in [0.25, 0.3) is 0 Å². The van der Waals surface area contributed by atoms with Gasteiger partial charge in [0.1, 0.15) is 11.6 Å². The van der Waals surface area contributed by atoms with E-state index >= 15 is 0 Å². The second-order valence-corrected chi connectivity index (χ2v) is 6.30. The van der Waals surface area contributed by atoms with Crippen molar-refractivity contribution in [2.45, 2.75) is 43.7 Å². The van der Waals surface area contributed by atoms with Gasteiger partial charge in [0.25, 0.3) is 0 Å². The number of ether oxygens (including phenoxy) is 2. The first-order valence-electron chi connectivity index (χ1n) is 7.86. The quantitative estimate of drug-likeness (QED) is 0.757. The van der Waals surface area contributed by atoms with Crippen LogP contribution in [-0.2, 0) is 19.1 Å². The second kappa shape index (κ2) is 5.93. The van der Waals surface area contributed by atoms with Gasteiger partial charge in [-0.2, -0.15) is 0 Å². The Bertz CT molecular complexity index is 420. The summed E-state index contributed by atoms with van der Waals surface area (Å²) in [6, 6.07) is -0.259. The van der Waals surface area contributed by atoms with Crippen molar-refractivity contribution in [2.24, 2.45) is 0 Å². The van der Waals surface area contributed by atoms with Crippen LogP contribution < -0.4 is 0 Å². The van der Waals surface area contributed by atoms with Gasteiger partial charge in [0, 0.05) is 39.6 Å². The zero-order chi connectivity index (χ0) is 14.9. The molecule has 0 spiro atoms. The maximum atomic E-state index is 12.8. The molecule has 0 radical (unpaired) electrons. The largest absolute Gasteiger partial charge is 0.378 e. The van der Waals surface area contributed by atoms with E-state index in [0.717, 1.165) is 32.2 Å². The highest BCUT2D eigenvalue weighted by atomic mass is 16.5. The van der Waals surface area contributed by atoms with Gasteiger partial charge in [-0.25, -0.2) is 0 Å². The average Bonchev–Trinajstić information content (AvgIpc) is 2.95. The zero-order valence-corrected chi connectivity index (χ0v) is 12.7. The van der Waals surface area contributed by atoms with Gasteiger partial charge in [-0.05, 0) is 19.3 Å². The average molecular weight is 296 g/mol. The van der Waals surface area contributed by atoms with Crippen molar-refractivity contribution >= 4 is 11.8 Å². The van der Waals surface area contributed by atoms with E-state index in [-0.39, 0.29) is 17.9 Å². The van der Waals surface area contributed by atoms with Crippen molar-refractivity contribution in [3.63, 3.8) is 0 Å². The molecule has 0 aromatic heterocycles. The summed E-state index contributed by atoms with van der Waals surface area (Å²) < 4.78 is 11.1. The first-order valence-corrected chi connectivity index (χ1v) is 7.86. The number of amides is 2. The molecule has 6 nitrogen and oxygen atoms in total. The van der Waals surface area contributed by atoms with Gasteiger partial charge < -0.3 is 19.3 Å². The highest BCUT2D eigenvalue weighted by Crippen LogP contribution is 2.27. The Morgan fingerprint density at radius 3 is 2.90 bits per heavy atom. The predicted molar refractivity (Wildman–Crippen MR) is 75.7 cm³/mol. The van der Waals surface area contributed by atoms with E-state index in [1.165, 1.54) is 0 Å². The van der Waals surface area contributed by atoms with Gasteiger partial charge in [-0.3, -0.25) is 9.59 Å². The molecule has 118 valence electrons. The molecular weight excluding hydrogens is 272 g/mol. The summed E-state index contributed by atoms with van der Waals surface area (Å²) >= 11 is 0. The minimum Gasteiger partial charge on any atom is -0.378 e. The normalized spacial score (nSPS) is 34.0. The molecule has 21 heavy (non-hydrogen) atoms. The van der Waals surface area contributed by atoms with E-state index in [0.29, 0.717) is 32.7 Å². The molecule has 3 aliphatic rings. The predicted octanol–water partition coefficient (Wildman–Crippen LogP) is 0.405. The van der Waals surface area contributed by atoms with E-state index in [1.54, 1.807) is 12.0 Å². The fraction of sp³-hybridized carbons (Fsp3) is 0.867. The Balaban J connectivity index is 1.76. The molecule has 0 bridgehead atoms. The fourth-order valence-corrected chi connectivity index (χ4v) is 3.63. The molecule has 0 N–H and O–H groups in total. The Hall–Kier alpha value is -1.14. The maximum absolute atomic E-state index is 12.8. The Morgan fingerprint density at radius 2 is 2.19 bits per heavy atom. The highest BCUT2D eigenvalue weighted by Gasteiger charge is 2.43. The van der Waals surface area contributed by atoms with Crippen molar-refractivity contribution in [1.82, 2.24) is 9.80 Å². The molecule has 3 rings (SSSR count). The van der Waals surface area contributed by atoms with Crippen LogP contribution in [0.3, 0.4) is 0 Å². The Labute approximate surface area is 125 Å². The van der Waals surface area contributed by atoms with E-state index in [2.05, 4.69) is 0 Å². The SMILES string of the molecule is COC1(CN2CCC(=O)N3CCCCC3C2=O)CCOC1. The number of fused-ring (bicyclic) bond motifs is 1. The van der Waals surface area contributed by atoms with E-state index < -0.39 is 5.60 Å². The van der Waals surface area contributed by atoms with Gasteiger partial charge in [0.15, 0.2) is 0 Å². The molecule has 3 heterocycles. The summed E-state index contributed by atoms with van der Waals surface area (Å²) in [5, 5.41) is 0. The van der Waals surface area contributed by atoms with E-state index in [4.69, 9.17) is 9.47 Å². The minimum absolute atomic E-state index is 0.0869. The Kier molecular flexibility index (Phi) is 4.17. The number of piperidine rings is 1. The van der Waals surface area contributed by atoms with Crippen LogP contribution in [0.4, 0.5) is 0 Å². The fourth-order valence-electron chi connectivity index (χ4n) is 3.63. The second-order valence-electron chi connectivity index (χ2n) is 6.30. The van der Waals surface area contributed by atoms with Crippen molar-refractivity contribution in [1.29, 1.82) is 0 Å². The maximum Gasteiger partial charge on any atom is 0.245 e. The smallest absolute Gasteiger partial charge is 0.245 e. The molecule has 2 unspecified atom stereocenters. The summed E-state index contributed by atoms with van der Waals surface area (Å²) in [5.41, 5.74) is -0.400. The summed E-state index contributed by atoms with van der Waals surface area (Å²) in [6.45, 7) is 2.94. The van der Waals surface area contributed by atoms with Crippen LogP contribution in [0.2, 0.25) is 0 Å². The topological polar surface area (TPSA) is 59.1 Å². The first-order chi connectivity index (χ1) is 10.2. The van der Waals surface area contributed by atoms with Gasteiger partial charge >= 0.3 is 0 Å². The van der Waals surface area contributed by atoms with Crippen molar-refractivity contribution in [3.8, 4) is 0 Å². The molecule has 2 amide bonds. The first kappa shape index (κ1) is 14.8. The van der Waals surface area contributed by atoms with Crippen LogP contribution in [0, 0.1) is 0 Å². The lowest BCUT2D eigenvalue weighted by molar-refractivity contribution is -0.145. The monoisotopic (exact) mass is 296 g/mol. The number of hydrogen-bond acceptors (Lipinski definition) is 4. The van der Waals surface area contributed by atoms with Crippen molar-refractivity contribution < 1.29 is 19.1 Å². The summed E-state index contributed by atoms with van der Waals surface area (Å²) in [6.07, 6.45) is 4.04. The van der Waals surface area contributed by atoms with Crippen LogP contribution in [0.5, 0.6) is 0 Å². The standard InChI is InChI=1S/C15H24N2O4/c1-20-15(6-9-21-11-15)10-16-8-5-13(18)17-7-3-2-4-12(17)14(16)19/h12H,2-11H2,1H3. The minimum atomic E-state index is -0.400. The molecule has 3 aliphatic heterocycles. The number of rotatable bonds is 3. The lowest BCUT2D eigenvalue weighted by atomic mass is 9.99. The lowest BCUT2D eigenvalue weighted by Gasteiger charge is -2.37. The molecule has 0 aliphatic carbocycles. The van der Waals surface area contributed by atoms with Crippen LogP contribution in [0.1, 0.15) is 32.1 Å². The Morgan fingerprint density at radius 1 is 1.33 bits per heavy atom. The molecule has 0 aromatic carbocycles. The zero-order valence-electron chi connectivity index (χ0n) is 12.7. The van der Waals surface area contributed by atoms with Gasteiger partial charge in [0.2, 0.25) is 11.8 Å². The molecule has 6 heteroatoms. The van der Waals surface area contributed by atoms with Gasteiger partial charge in [0.05, 0.1) is 13.2 Å². The number of hydrogen-bond donors (Lipinski definition) is 0. The molecule has 0 aromatic rings. The molecular formula is C15H24N2O4. The number of carbonyl (C=O) groups excluding carboxylic acids is 2. The summed E-state index contributed by atoms with van der Waals surface area (Å²) in [4.78, 5) is 28.6. The van der Waals surface area contributed by atoms with Crippen LogP contribution in [-0.4, -0.2) is 73.2 Å². The van der Waals surface area contributed by atoms with Crippen molar-refractivity contribution in [2.75, 3.05) is 40.0 Å². The number of nitrogens with zero attached hydrogens (tertiary/aromatic N) is 2. The third kappa shape index (κ3) is 2.79. The molecule has 0 saturated carbocycles. The van der Waals surface area contributed by atoms with Crippen LogP contribution >= 0.6 is 0 Å². The highest BCUT2D eigenvalue weighted by molar-refractivity contribution is 5.90. The van der Waals surface area contributed by atoms with Crippen LogP contribution in [0.15, 0.2) is 0 Å². The van der Waals surface area contributed by atoms with Gasteiger partial charge in [-0.1, -0.05) is 0 Å². The van der Waals surface area contributed by atoms with E-state index in [9.17, 15) is 9.59 Å². The number of methoxy groups -OCH3 is 1. The molecule has 2 atom stereocenters. The summed E-state index contributed by atoms with van der Waals surface area (Å²) in [5.74, 6) is 0.202. The third-order valence-electron chi connectivity index (χ3n) is 4.99. The number of carbonyl (C=O) groups is 2. The molecule has 3 saturated heterocycles. The van der Waals surface area contributed by atoms with E-state index in [1.807, 2.05) is 4.90 Å². The lowest BCUT2D eigenvalue weighted by Crippen LogP contribution is -2.53.